The molecule has 1 heterocycles. The van der Waals surface area contributed by atoms with Gasteiger partial charge in [-0.3, -0.25) is 4.98 Å². The Hall–Kier alpha value is -2.36. The highest BCUT2D eigenvalue weighted by Gasteiger charge is 2.17. The molecule has 0 fully saturated rings. The number of nitrogens with zero attached hydrogens (tertiary/aromatic N) is 1. The molecule has 0 aliphatic carbocycles. The summed E-state index contributed by atoms with van der Waals surface area (Å²) in [4.78, 5) is 15.9. The average Bonchev–Trinajstić information content (AvgIpc) is 2.38. The molecule has 0 saturated heterocycles. The van der Waals surface area contributed by atoms with Crippen molar-refractivity contribution in [3.63, 3.8) is 0 Å². The van der Waals surface area contributed by atoms with Gasteiger partial charge in [-0.05, 0) is 6.07 Å². The second-order valence-corrected chi connectivity index (χ2v) is 3.48. The zero-order chi connectivity index (χ0) is 12.3. The Bertz CT molecular complexity index is 538. The minimum Gasteiger partial charge on any atom is -0.465 e. The third-order valence-corrected chi connectivity index (χ3v) is 2.42. The van der Waals surface area contributed by atoms with Crippen LogP contribution in [-0.4, -0.2) is 18.1 Å². The van der Waals surface area contributed by atoms with Crippen LogP contribution in [-0.2, 0) is 4.74 Å². The van der Waals surface area contributed by atoms with Gasteiger partial charge in [-0.1, -0.05) is 30.3 Å². The summed E-state index contributed by atoms with van der Waals surface area (Å²) in [6, 6.07) is 11.0. The van der Waals surface area contributed by atoms with E-state index in [1.165, 1.54) is 7.11 Å². The maximum absolute atomic E-state index is 11.7. The minimum atomic E-state index is -0.477. The van der Waals surface area contributed by atoms with E-state index in [-0.39, 0.29) is 0 Å². The van der Waals surface area contributed by atoms with Crippen molar-refractivity contribution in [2.24, 2.45) is 0 Å². The number of anilines is 1. The molecule has 0 aliphatic rings. The van der Waals surface area contributed by atoms with Crippen LogP contribution in [0.3, 0.4) is 0 Å². The van der Waals surface area contributed by atoms with Gasteiger partial charge < -0.3 is 10.5 Å². The Morgan fingerprint density at radius 3 is 2.59 bits per heavy atom. The summed E-state index contributed by atoms with van der Waals surface area (Å²) in [5.74, 6) is -0.477. The molecule has 0 amide bonds. The summed E-state index contributed by atoms with van der Waals surface area (Å²) in [5.41, 5.74) is 7.84. The molecule has 0 aliphatic heterocycles. The number of carbonyl (C=O) groups excluding carboxylic acids is 1. The molecule has 2 aromatic rings. The molecule has 0 radical (unpaired) electrons. The zero-order valence-corrected chi connectivity index (χ0v) is 9.38. The molecule has 0 atom stereocenters. The van der Waals surface area contributed by atoms with Crippen LogP contribution in [0.4, 0.5) is 5.69 Å². The van der Waals surface area contributed by atoms with Crippen molar-refractivity contribution < 1.29 is 9.53 Å². The van der Waals surface area contributed by atoms with Crippen LogP contribution >= 0.6 is 0 Å². The van der Waals surface area contributed by atoms with Crippen molar-refractivity contribution in [1.29, 1.82) is 0 Å². The van der Waals surface area contributed by atoms with Crippen LogP contribution in [0.15, 0.2) is 42.6 Å². The van der Waals surface area contributed by atoms with Crippen molar-refractivity contribution in [3.8, 4) is 11.3 Å². The third-order valence-electron chi connectivity index (χ3n) is 2.42. The van der Waals surface area contributed by atoms with E-state index in [0.717, 1.165) is 5.56 Å². The number of nitrogens with two attached hydrogens (primary N) is 1. The Kier molecular flexibility index (Phi) is 3.05. The first-order valence-electron chi connectivity index (χ1n) is 5.12. The number of methoxy groups -OCH3 is 1. The lowest BCUT2D eigenvalue weighted by Crippen LogP contribution is -2.08. The van der Waals surface area contributed by atoms with Crippen molar-refractivity contribution in [2.75, 3.05) is 12.8 Å². The minimum absolute atomic E-state index is 0.307. The summed E-state index contributed by atoms with van der Waals surface area (Å²) in [6.07, 6.45) is 1.57. The molecule has 17 heavy (non-hydrogen) atoms. The Morgan fingerprint density at radius 2 is 1.94 bits per heavy atom. The van der Waals surface area contributed by atoms with Gasteiger partial charge >= 0.3 is 5.97 Å². The quantitative estimate of drug-likeness (QED) is 0.799. The first kappa shape index (κ1) is 11.1. The number of aromatic nitrogens is 1. The van der Waals surface area contributed by atoms with Crippen molar-refractivity contribution >= 4 is 11.7 Å². The molecule has 0 spiro atoms. The summed E-state index contributed by atoms with van der Waals surface area (Å²) in [7, 11) is 1.32. The summed E-state index contributed by atoms with van der Waals surface area (Å²) in [6.45, 7) is 0. The lowest BCUT2D eigenvalue weighted by atomic mass is 10.0. The van der Waals surface area contributed by atoms with Gasteiger partial charge in [0.1, 0.15) is 5.56 Å². The van der Waals surface area contributed by atoms with E-state index in [4.69, 9.17) is 10.5 Å². The van der Waals surface area contributed by atoms with Gasteiger partial charge in [-0.15, -0.1) is 0 Å². The number of hydrogen-bond acceptors (Lipinski definition) is 4. The van der Waals surface area contributed by atoms with Crippen molar-refractivity contribution in [2.45, 2.75) is 0 Å². The van der Waals surface area contributed by atoms with Crippen LogP contribution < -0.4 is 5.73 Å². The van der Waals surface area contributed by atoms with Crippen LogP contribution in [0.5, 0.6) is 0 Å². The zero-order valence-electron chi connectivity index (χ0n) is 9.38. The molecule has 1 aromatic carbocycles. The second-order valence-electron chi connectivity index (χ2n) is 3.48. The van der Waals surface area contributed by atoms with Gasteiger partial charge in [-0.2, -0.15) is 0 Å². The highest BCUT2D eigenvalue weighted by atomic mass is 16.5. The molecule has 86 valence electrons. The molecule has 0 unspecified atom stereocenters. The van der Waals surface area contributed by atoms with Crippen LogP contribution in [0.1, 0.15) is 10.4 Å². The Morgan fingerprint density at radius 1 is 1.24 bits per heavy atom. The molecule has 2 rings (SSSR count). The third kappa shape index (κ3) is 2.10. The lowest BCUT2D eigenvalue weighted by Gasteiger charge is -2.09. The molecule has 0 bridgehead atoms. The van der Waals surface area contributed by atoms with Gasteiger partial charge in [0.05, 0.1) is 12.8 Å². The summed E-state index contributed by atoms with van der Waals surface area (Å²) < 4.78 is 4.72. The predicted molar refractivity (Wildman–Crippen MR) is 65.4 cm³/mol. The number of ether oxygens (including phenoxy) is 1. The lowest BCUT2D eigenvalue weighted by molar-refractivity contribution is 0.0602. The highest BCUT2D eigenvalue weighted by Crippen LogP contribution is 2.25. The van der Waals surface area contributed by atoms with Crippen LogP contribution in [0.25, 0.3) is 11.3 Å². The average molecular weight is 228 g/mol. The maximum Gasteiger partial charge on any atom is 0.342 e. The number of hydrogen-bond donors (Lipinski definition) is 1. The molecule has 0 saturated carbocycles. The maximum atomic E-state index is 11.7. The van der Waals surface area contributed by atoms with E-state index in [2.05, 4.69) is 4.98 Å². The monoisotopic (exact) mass is 228 g/mol. The normalized spacial score (nSPS) is 9.94. The first-order chi connectivity index (χ1) is 8.24. The molecular weight excluding hydrogens is 216 g/mol. The fraction of sp³-hybridized carbons (Fsp3) is 0.0769. The fourth-order valence-electron chi connectivity index (χ4n) is 1.61. The topological polar surface area (TPSA) is 65.2 Å². The fourth-order valence-corrected chi connectivity index (χ4v) is 1.61. The molecular formula is C13H12N2O2. The standard InChI is InChI=1S/C13H12N2O2/c1-17-13(16)11-10(14)7-8-15-12(11)9-5-3-2-4-6-9/h2-8H,1H3,(H2,14,15). The number of esters is 1. The van der Waals surface area contributed by atoms with E-state index in [0.29, 0.717) is 16.9 Å². The summed E-state index contributed by atoms with van der Waals surface area (Å²) >= 11 is 0. The van der Waals surface area contributed by atoms with Gasteiger partial charge in [0.2, 0.25) is 0 Å². The molecule has 4 nitrogen and oxygen atoms in total. The van der Waals surface area contributed by atoms with E-state index in [1.54, 1.807) is 12.3 Å². The van der Waals surface area contributed by atoms with Crippen LogP contribution in [0.2, 0.25) is 0 Å². The molecule has 2 N–H and O–H groups in total. The van der Waals surface area contributed by atoms with E-state index >= 15 is 0 Å². The van der Waals surface area contributed by atoms with E-state index < -0.39 is 5.97 Å². The summed E-state index contributed by atoms with van der Waals surface area (Å²) in [5, 5.41) is 0. The Balaban J connectivity index is 2.62. The van der Waals surface area contributed by atoms with E-state index in [9.17, 15) is 4.79 Å². The smallest absolute Gasteiger partial charge is 0.342 e. The number of benzene rings is 1. The number of nitrogen functional groups attached to an aromatic ring is 1. The van der Waals surface area contributed by atoms with Crippen LogP contribution in [0, 0.1) is 0 Å². The SMILES string of the molecule is COC(=O)c1c(N)ccnc1-c1ccccc1. The highest BCUT2D eigenvalue weighted by molar-refractivity contribution is 6.01. The second kappa shape index (κ2) is 4.65. The van der Waals surface area contributed by atoms with E-state index in [1.807, 2.05) is 30.3 Å². The number of pyridine rings is 1. The number of carbonyl (C=O) groups is 1. The van der Waals surface area contributed by atoms with Gasteiger partial charge in [0, 0.05) is 17.4 Å². The van der Waals surface area contributed by atoms with Crippen molar-refractivity contribution in [1.82, 2.24) is 4.98 Å². The van der Waals surface area contributed by atoms with Gasteiger partial charge in [0.25, 0.3) is 0 Å². The van der Waals surface area contributed by atoms with Gasteiger partial charge in [0.15, 0.2) is 0 Å². The van der Waals surface area contributed by atoms with Gasteiger partial charge in [-0.25, -0.2) is 4.79 Å². The first-order valence-corrected chi connectivity index (χ1v) is 5.12. The Labute approximate surface area is 99.1 Å². The largest absolute Gasteiger partial charge is 0.465 e. The number of rotatable bonds is 2. The molecule has 4 heteroatoms. The van der Waals surface area contributed by atoms with Crippen molar-refractivity contribution in [3.05, 3.63) is 48.2 Å². The molecule has 1 aromatic heterocycles. The predicted octanol–water partition coefficient (Wildman–Crippen LogP) is 2.12.